The van der Waals surface area contributed by atoms with E-state index in [2.05, 4.69) is 15.9 Å². The molecule has 0 saturated heterocycles. The Kier molecular flexibility index (Phi) is 6.75. The van der Waals surface area contributed by atoms with Crippen LogP contribution in [0.15, 0.2) is 28.7 Å². The maximum atomic E-state index is 12.3. The molecular formula is C17H15BrN2O7S. The molecule has 0 spiro atoms. The molecule has 0 aliphatic heterocycles. The maximum Gasteiger partial charge on any atom is 0.349 e. The van der Waals surface area contributed by atoms with E-state index in [0.29, 0.717) is 14.9 Å². The molecule has 1 heterocycles. The van der Waals surface area contributed by atoms with Gasteiger partial charge in [-0.1, -0.05) is 12.1 Å². The normalized spacial score (nSPS) is 10.4. The minimum atomic E-state index is -1.26. The second-order valence-corrected chi connectivity index (χ2v) is 7.17. The smallest absolute Gasteiger partial charge is 0.349 e. The Bertz CT molecular complexity index is 940. The molecule has 148 valence electrons. The Hall–Kier alpha value is -2.92. The van der Waals surface area contributed by atoms with Crippen molar-refractivity contribution in [3.63, 3.8) is 0 Å². The number of rotatable bonds is 7. The highest BCUT2D eigenvalue weighted by Crippen LogP contribution is 2.45. The monoisotopic (exact) mass is 470 g/mol. The average molecular weight is 471 g/mol. The lowest BCUT2D eigenvalue weighted by atomic mass is 10.1. The topological polar surface area (TPSA) is 147 Å². The molecule has 4 N–H and O–H groups in total. The van der Waals surface area contributed by atoms with Crippen LogP contribution in [0, 0.1) is 0 Å². The van der Waals surface area contributed by atoms with Crippen LogP contribution in [0.4, 0.5) is 4.79 Å². The fraction of sp³-hybridized carbons (Fsp3) is 0.176. The molecule has 0 bridgehead atoms. The third-order valence-electron chi connectivity index (χ3n) is 3.56. The van der Waals surface area contributed by atoms with E-state index in [4.69, 9.17) is 15.6 Å². The summed E-state index contributed by atoms with van der Waals surface area (Å²) in [5, 5.41) is 18.1. The van der Waals surface area contributed by atoms with Crippen molar-refractivity contribution in [1.29, 1.82) is 0 Å². The van der Waals surface area contributed by atoms with Gasteiger partial charge in [0.1, 0.15) is 0 Å². The highest BCUT2D eigenvalue weighted by atomic mass is 79.9. The van der Waals surface area contributed by atoms with E-state index in [9.17, 15) is 24.3 Å². The predicted octanol–water partition coefficient (Wildman–Crippen LogP) is 2.88. The molecule has 0 saturated carbocycles. The molecular weight excluding hydrogens is 456 g/mol. The van der Waals surface area contributed by atoms with Crippen LogP contribution in [0.1, 0.15) is 27.0 Å². The number of aromatic carboxylic acids is 1. The number of carboxylic acid groups (broad SMARTS) is 2. The predicted molar refractivity (Wildman–Crippen MR) is 104 cm³/mol. The van der Waals surface area contributed by atoms with Gasteiger partial charge in [-0.05, 0) is 40.5 Å². The van der Waals surface area contributed by atoms with Crippen LogP contribution in [-0.2, 0) is 4.79 Å². The number of thiophene rings is 1. The minimum absolute atomic E-state index is 0.0825. The summed E-state index contributed by atoms with van der Waals surface area (Å²) in [5.41, 5.74) is 5.98. The Morgan fingerprint density at radius 2 is 1.79 bits per heavy atom. The highest BCUT2D eigenvalue weighted by molar-refractivity contribution is 9.10. The number of primary amides is 1. The molecule has 28 heavy (non-hydrogen) atoms. The second-order valence-electron chi connectivity index (χ2n) is 5.36. The Morgan fingerprint density at radius 1 is 1.18 bits per heavy atom. The fourth-order valence-corrected chi connectivity index (χ4v) is 4.20. The number of nitrogens with two attached hydrogens (primary N) is 1. The summed E-state index contributed by atoms with van der Waals surface area (Å²) in [6.45, 7) is 1.05. The second kappa shape index (κ2) is 8.85. The SMILES string of the molecule is CCN(C(N)=O)C(=O)c1ccc(-c2sc(C(=O)O)c(OCC(=O)O)c2Br)cc1. The van der Waals surface area contributed by atoms with Gasteiger partial charge in [0.15, 0.2) is 17.2 Å². The molecule has 0 atom stereocenters. The molecule has 0 aliphatic rings. The third-order valence-corrected chi connectivity index (χ3v) is 5.79. The standard InChI is InChI=1S/C17H15BrN2O7S/c1-2-20(17(19)26)15(23)9-5-3-8(4-6-9)13-11(18)12(27-7-10(21)22)14(28-13)16(24)25/h3-6H,2,7H2,1H3,(H2,19,26)(H,21,22)(H,24,25). The number of amides is 3. The van der Waals surface area contributed by atoms with Gasteiger partial charge >= 0.3 is 18.0 Å². The van der Waals surface area contributed by atoms with Gasteiger partial charge in [-0.2, -0.15) is 0 Å². The van der Waals surface area contributed by atoms with Crippen molar-refractivity contribution in [3.05, 3.63) is 39.2 Å². The largest absolute Gasteiger partial charge is 0.479 e. The molecule has 2 aromatic rings. The summed E-state index contributed by atoms with van der Waals surface area (Å²) in [4.78, 5) is 47.0. The van der Waals surface area contributed by atoms with Crippen molar-refractivity contribution in [2.24, 2.45) is 5.73 Å². The number of imide groups is 1. The molecule has 0 fully saturated rings. The first-order chi connectivity index (χ1) is 13.2. The first-order valence-electron chi connectivity index (χ1n) is 7.79. The lowest BCUT2D eigenvalue weighted by molar-refractivity contribution is -0.139. The van der Waals surface area contributed by atoms with Crippen molar-refractivity contribution < 1.29 is 34.1 Å². The lowest BCUT2D eigenvalue weighted by Gasteiger charge is -2.16. The van der Waals surface area contributed by atoms with Crippen LogP contribution in [-0.4, -0.2) is 52.1 Å². The first-order valence-corrected chi connectivity index (χ1v) is 9.40. The number of benzene rings is 1. The van der Waals surface area contributed by atoms with Crippen molar-refractivity contribution >= 4 is 51.1 Å². The van der Waals surface area contributed by atoms with E-state index in [-0.39, 0.29) is 22.7 Å². The zero-order chi connectivity index (χ0) is 21.0. The average Bonchev–Trinajstić information content (AvgIpc) is 2.97. The minimum Gasteiger partial charge on any atom is -0.479 e. The Balaban J connectivity index is 2.39. The van der Waals surface area contributed by atoms with Gasteiger partial charge in [0.05, 0.1) is 9.35 Å². The number of carboxylic acids is 2. The first kappa shape index (κ1) is 21.4. The molecule has 9 nitrogen and oxygen atoms in total. The summed E-state index contributed by atoms with van der Waals surface area (Å²) < 4.78 is 5.39. The zero-order valence-corrected chi connectivity index (χ0v) is 16.9. The van der Waals surface area contributed by atoms with Gasteiger partial charge in [-0.3, -0.25) is 9.69 Å². The van der Waals surface area contributed by atoms with Crippen molar-refractivity contribution in [3.8, 4) is 16.2 Å². The number of aliphatic carboxylic acids is 1. The molecule has 11 heteroatoms. The van der Waals surface area contributed by atoms with Crippen LogP contribution in [0.5, 0.6) is 5.75 Å². The van der Waals surface area contributed by atoms with Crippen molar-refractivity contribution in [1.82, 2.24) is 4.90 Å². The van der Waals surface area contributed by atoms with Crippen LogP contribution < -0.4 is 10.5 Å². The molecule has 1 aromatic carbocycles. The summed E-state index contributed by atoms with van der Waals surface area (Å²) >= 11 is 4.15. The van der Waals surface area contributed by atoms with Crippen LogP contribution in [0.2, 0.25) is 0 Å². The summed E-state index contributed by atoms with van der Waals surface area (Å²) in [5.74, 6) is -3.14. The van der Waals surface area contributed by atoms with Gasteiger partial charge < -0.3 is 20.7 Å². The number of nitrogens with zero attached hydrogens (tertiary/aromatic N) is 1. The van der Waals surface area contributed by atoms with Gasteiger partial charge in [-0.25, -0.2) is 14.4 Å². The van der Waals surface area contributed by atoms with Gasteiger partial charge in [-0.15, -0.1) is 11.3 Å². The molecule has 3 amide bonds. The van der Waals surface area contributed by atoms with E-state index in [1.54, 1.807) is 19.1 Å². The highest BCUT2D eigenvalue weighted by Gasteiger charge is 2.25. The number of carbonyl (C=O) groups excluding carboxylic acids is 2. The Morgan fingerprint density at radius 3 is 2.25 bits per heavy atom. The zero-order valence-electron chi connectivity index (χ0n) is 14.5. The van der Waals surface area contributed by atoms with E-state index < -0.39 is 30.5 Å². The summed E-state index contributed by atoms with van der Waals surface area (Å²) in [6.07, 6.45) is 0. The van der Waals surface area contributed by atoms with Crippen LogP contribution in [0.25, 0.3) is 10.4 Å². The summed E-state index contributed by atoms with van der Waals surface area (Å²) in [6, 6.07) is 5.25. The van der Waals surface area contributed by atoms with Gasteiger partial charge in [0.2, 0.25) is 0 Å². The van der Waals surface area contributed by atoms with E-state index >= 15 is 0 Å². The number of hydrogen-bond acceptors (Lipinski definition) is 6. The lowest BCUT2D eigenvalue weighted by Crippen LogP contribution is -2.40. The van der Waals surface area contributed by atoms with Crippen LogP contribution >= 0.6 is 27.3 Å². The van der Waals surface area contributed by atoms with Crippen molar-refractivity contribution in [2.45, 2.75) is 6.92 Å². The van der Waals surface area contributed by atoms with Gasteiger partial charge in [0, 0.05) is 12.1 Å². The molecule has 0 aliphatic carbocycles. The number of hydrogen-bond donors (Lipinski definition) is 3. The van der Waals surface area contributed by atoms with Crippen molar-refractivity contribution in [2.75, 3.05) is 13.2 Å². The molecule has 0 unspecified atom stereocenters. The molecule has 1 aromatic heterocycles. The van der Waals surface area contributed by atoms with E-state index in [1.807, 2.05) is 0 Å². The van der Waals surface area contributed by atoms with Gasteiger partial charge in [0.25, 0.3) is 5.91 Å². The number of halogens is 1. The van der Waals surface area contributed by atoms with E-state index in [1.165, 1.54) is 12.1 Å². The molecule has 2 rings (SSSR count). The quantitative estimate of drug-likeness (QED) is 0.563. The number of carbonyl (C=O) groups is 4. The number of urea groups is 1. The maximum absolute atomic E-state index is 12.3. The Labute approximate surface area is 171 Å². The number of ether oxygens (including phenoxy) is 1. The fourth-order valence-electron chi connectivity index (χ4n) is 2.30. The summed E-state index contributed by atoms with van der Waals surface area (Å²) in [7, 11) is 0. The third kappa shape index (κ3) is 4.49. The molecule has 0 radical (unpaired) electrons. The van der Waals surface area contributed by atoms with Crippen LogP contribution in [0.3, 0.4) is 0 Å². The van der Waals surface area contributed by atoms with E-state index in [0.717, 1.165) is 16.2 Å².